The van der Waals surface area contributed by atoms with E-state index in [1.165, 1.54) is 0 Å². The van der Waals surface area contributed by atoms with Gasteiger partial charge in [0.25, 0.3) is 0 Å². The first kappa shape index (κ1) is 19.8. The molecule has 162 valence electrons. The topological polar surface area (TPSA) is 82.2 Å². The van der Waals surface area contributed by atoms with Crippen LogP contribution in [0.5, 0.6) is 5.75 Å². The number of nitrogen functional groups attached to an aromatic ring is 1. The van der Waals surface area contributed by atoms with E-state index in [0.717, 1.165) is 49.9 Å². The van der Waals surface area contributed by atoms with Crippen molar-refractivity contribution in [3.63, 3.8) is 0 Å². The van der Waals surface area contributed by atoms with Crippen molar-refractivity contribution in [2.24, 2.45) is 0 Å². The zero-order chi connectivity index (χ0) is 21.6. The van der Waals surface area contributed by atoms with Gasteiger partial charge in [0.1, 0.15) is 5.69 Å². The van der Waals surface area contributed by atoms with E-state index in [1.807, 2.05) is 25.1 Å². The van der Waals surface area contributed by atoms with Crippen LogP contribution in [0.1, 0.15) is 43.5 Å². The minimum Gasteiger partial charge on any atom is -0.489 e. The Balaban J connectivity index is 1.58. The molecule has 1 aliphatic carbocycles. The van der Waals surface area contributed by atoms with Crippen LogP contribution in [0.15, 0.2) is 35.3 Å². The number of hydrogen-bond donors (Lipinski definition) is 2. The lowest BCUT2D eigenvalue weighted by molar-refractivity contribution is 0.115. The molecule has 0 bridgehead atoms. The summed E-state index contributed by atoms with van der Waals surface area (Å²) < 4.78 is 23.7. The van der Waals surface area contributed by atoms with Gasteiger partial charge >= 0.3 is 0 Å². The van der Waals surface area contributed by atoms with Crippen LogP contribution in [0.25, 0.3) is 10.9 Å². The monoisotopic (exact) mass is 422 g/mol. The van der Waals surface area contributed by atoms with Crippen LogP contribution in [0.2, 0.25) is 0 Å². The van der Waals surface area contributed by atoms with E-state index in [9.17, 15) is 4.79 Å². The Morgan fingerprint density at radius 3 is 2.87 bits per heavy atom. The molecule has 6 nitrogen and oxygen atoms in total. The summed E-state index contributed by atoms with van der Waals surface area (Å²) in [7, 11) is 0. The minimum absolute atomic E-state index is 0.0815. The SMILES string of the molecule is Cc1cc(=O)c2c(N)c(F)c(NCCCc3ccccn3)c3c2n1C1(CCC1)CCO3. The number of nitrogens with zero attached hydrogens (tertiary/aromatic N) is 2. The quantitative estimate of drug-likeness (QED) is 0.477. The maximum absolute atomic E-state index is 15.4. The van der Waals surface area contributed by atoms with Gasteiger partial charge in [0.15, 0.2) is 17.0 Å². The highest BCUT2D eigenvalue weighted by atomic mass is 19.1. The third-order valence-corrected chi connectivity index (χ3v) is 6.78. The van der Waals surface area contributed by atoms with Crippen molar-refractivity contribution in [3.05, 3.63) is 57.9 Å². The summed E-state index contributed by atoms with van der Waals surface area (Å²) in [5.74, 6) is -0.207. The Bertz CT molecular complexity index is 1200. The first-order chi connectivity index (χ1) is 15.0. The van der Waals surface area contributed by atoms with Gasteiger partial charge in [-0.1, -0.05) is 6.07 Å². The van der Waals surface area contributed by atoms with Crippen LogP contribution in [0.4, 0.5) is 15.8 Å². The normalized spacial score (nSPS) is 16.6. The van der Waals surface area contributed by atoms with Gasteiger partial charge in [-0.25, -0.2) is 4.39 Å². The van der Waals surface area contributed by atoms with Crippen LogP contribution < -0.4 is 21.2 Å². The maximum Gasteiger partial charge on any atom is 0.191 e. The molecule has 1 fully saturated rings. The first-order valence-electron chi connectivity index (χ1n) is 11.0. The molecular formula is C24H27FN4O2. The molecule has 0 amide bonds. The molecular weight excluding hydrogens is 395 g/mol. The summed E-state index contributed by atoms with van der Waals surface area (Å²) in [6.07, 6.45) is 7.35. The average Bonchev–Trinajstić information content (AvgIpc) is 2.91. The number of pyridine rings is 2. The van der Waals surface area contributed by atoms with Gasteiger partial charge in [-0.3, -0.25) is 9.78 Å². The average molecular weight is 423 g/mol. The highest BCUT2D eigenvalue weighted by molar-refractivity contribution is 6.00. The second kappa shape index (κ2) is 7.55. The molecule has 2 aliphatic rings. The number of anilines is 2. The third kappa shape index (κ3) is 3.14. The Kier molecular flexibility index (Phi) is 4.84. The number of fused-ring (bicyclic) bond motifs is 1. The highest BCUT2D eigenvalue weighted by Crippen LogP contribution is 2.50. The van der Waals surface area contributed by atoms with Crippen molar-refractivity contribution in [1.29, 1.82) is 0 Å². The third-order valence-electron chi connectivity index (χ3n) is 6.78. The minimum atomic E-state index is -0.614. The van der Waals surface area contributed by atoms with Gasteiger partial charge in [0, 0.05) is 42.2 Å². The van der Waals surface area contributed by atoms with E-state index < -0.39 is 5.82 Å². The summed E-state index contributed by atoms with van der Waals surface area (Å²) >= 11 is 0. The number of benzene rings is 1. The number of halogens is 1. The van der Waals surface area contributed by atoms with Crippen molar-refractivity contribution < 1.29 is 9.13 Å². The largest absolute Gasteiger partial charge is 0.489 e. The Labute approximate surface area is 180 Å². The highest BCUT2D eigenvalue weighted by Gasteiger charge is 2.43. The van der Waals surface area contributed by atoms with Gasteiger partial charge in [-0.05, 0) is 51.2 Å². The van der Waals surface area contributed by atoms with Crippen LogP contribution in [0, 0.1) is 12.7 Å². The maximum atomic E-state index is 15.4. The lowest BCUT2D eigenvalue weighted by Crippen LogP contribution is -2.42. The molecule has 0 saturated heterocycles. The molecule has 0 unspecified atom stereocenters. The summed E-state index contributed by atoms with van der Waals surface area (Å²) in [6.45, 7) is 2.96. The summed E-state index contributed by atoms with van der Waals surface area (Å²) in [4.78, 5) is 17.2. The number of rotatable bonds is 5. The molecule has 5 rings (SSSR count). The molecule has 3 N–H and O–H groups in total. The lowest BCUT2D eigenvalue weighted by atomic mass is 9.73. The van der Waals surface area contributed by atoms with E-state index >= 15 is 4.39 Å². The first-order valence-corrected chi connectivity index (χ1v) is 11.0. The Morgan fingerprint density at radius 2 is 2.16 bits per heavy atom. The van der Waals surface area contributed by atoms with Crippen molar-refractivity contribution in [2.45, 2.75) is 51.0 Å². The van der Waals surface area contributed by atoms with Crippen molar-refractivity contribution in [2.75, 3.05) is 24.2 Å². The molecule has 31 heavy (non-hydrogen) atoms. The van der Waals surface area contributed by atoms with Crippen LogP contribution in [-0.4, -0.2) is 22.7 Å². The van der Waals surface area contributed by atoms with E-state index in [1.54, 1.807) is 12.3 Å². The summed E-state index contributed by atoms with van der Waals surface area (Å²) in [6, 6.07) is 7.40. The number of nitrogens with one attached hydrogen (secondary N) is 1. The molecule has 3 heterocycles. The fraction of sp³-hybridized carbons (Fsp3) is 0.417. The van der Waals surface area contributed by atoms with E-state index in [4.69, 9.17) is 10.5 Å². The predicted octanol–water partition coefficient (Wildman–Crippen LogP) is 4.13. The molecule has 1 spiro atoms. The zero-order valence-corrected chi connectivity index (χ0v) is 17.7. The molecule has 1 saturated carbocycles. The van der Waals surface area contributed by atoms with Crippen LogP contribution in [-0.2, 0) is 12.0 Å². The van der Waals surface area contributed by atoms with Crippen LogP contribution in [0.3, 0.4) is 0 Å². The summed E-state index contributed by atoms with van der Waals surface area (Å²) in [5, 5.41) is 3.43. The van der Waals surface area contributed by atoms with Gasteiger partial charge in [0.2, 0.25) is 0 Å². The zero-order valence-electron chi connectivity index (χ0n) is 17.7. The van der Waals surface area contributed by atoms with Gasteiger partial charge in [-0.2, -0.15) is 0 Å². The van der Waals surface area contributed by atoms with Crippen LogP contribution >= 0.6 is 0 Å². The fourth-order valence-corrected chi connectivity index (χ4v) is 5.12. The Hall–Kier alpha value is -3.09. The number of hydrogen-bond acceptors (Lipinski definition) is 5. The smallest absolute Gasteiger partial charge is 0.191 e. The second-order valence-corrected chi connectivity index (χ2v) is 8.67. The molecule has 1 aliphatic heterocycles. The van der Waals surface area contributed by atoms with Gasteiger partial charge in [-0.15, -0.1) is 0 Å². The summed E-state index contributed by atoms with van der Waals surface area (Å²) in [5.41, 5.74) is 8.49. The van der Waals surface area contributed by atoms with E-state index in [2.05, 4.69) is 14.9 Å². The molecule has 0 radical (unpaired) electrons. The molecule has 7 heteroatoms. The van der Waals surface area contributed by atoms with Gasteiger partial charge < -0.3 is 20.4 Å². The van der Waals surface area contributed by atoms with Crippen molar-refractivity contribution >= 4 is 22.3 Å². The standard InChI is InChI=1S/C24H27FN4O2/c1-15-14-17(30)18-20(26)19(25)21(28-12-4-7-16-6-2-3-11-27-16)23-22(18)29(15)24(8-5-9-24)10-13-31-23/h2-3,6,11,14,28H,4-5,7-10,12-13,26H2,1H3. The number of aryl methyl sites for hydroxylation is 2. The number of nitrogens with two attached hydrogens (primary N) is 1. The second-order valence-electron chi connectivity index (χ2n) is 8.67. The molecule has 2 aromatic heterocycles. The number of aromatic nitrogens is 2. The molecule has 1 aromatic carbocycles. The number of ether oxygens (including phenoxy) is 1. The molecule has 0 atom stereocenters. The Morgan fingerprint density at radius 1 is 1.32 bits per heavy atom. The fourth-order valence-electron chi connectivity index (χ4n) is 5.12. The van der Waals surface area contributed by atoms with Crippen molar-refractivity contribution in [3.8, 4) is 5.75 Å². The lowest BCUT2D eigenvalue weighted by Gasteiger charge is -2.45. The van der Waals surface area contributed by atoms with Gasteiger partial charge in [0.05, 0.1) is 23.2 Å². The van der Waals surface area contributed by atoms with E-state index in [-0.39, 0.29) is 27.7 Å². The van der Waals surface area contributed by atoms with Crippen molar-refractivity contribution in [1.82, 2.24) is 9.55 Å². The van der Waals surface area contributed by atoms with E-state index in [0.29, 0.717) is 24.4 Å². The molecule has 3 aromatic rings. The predicted molar refractivity (Wildman–Crippen MR) is 120 cm³/mol.